The van der Waals surface area contributed by atoms with Gasteiger partial charge < -0.3 is 10.1 Å². The molecule has 22 heavy (non-hydrogen) atoms. The lowest BCUT2D eigenvalue weighted by Crippen LogP contribution is -2.60. The molecule has 0 aromatic heterocycles. The molecule has 1 spiro atoms. The van der Waals surface area contributed by atoms with Crippen molar-refractivity contribution in [1.82, 2.24) is 5.32 Å². The maximum atomic E-state index is 6.07. The number of benzene rings is 1. The number of ether oxygens (including phenoxy) is 1. The molecule has 4 rings (SSSR count). The summed E-state index contributed by atoms with van der Waals surface area (Å²) in [6.07, 6.45) is 11.4. The van der Waals surface area contributed by atoms with Gasteiger partial charge in [-0.05, 0) is 75.5 Å². The second-order valence-corrected chi connectivity index (χ2v) is 8.09. The molecule has 0 bridgehead atoms. The Balaban J connectivity index is 1.41. The third kappa shape index (κ3) is 2.93. The van der Waals surface area contributed by atoms with Crippen molar-refractivity contribution in [1.29, 1.82) is 0 Å². The molecule has 2 aliphatic carbocycles. The Morgan fingerprint density at radius 1 is 1.09 bits per heavy atom. The molecule has 1 aromatic rings. The summed E-state index contributed by atoms with van der Waals surface area (Å²) in [6, 6.07) is 9.03. The van der Waals surface area contributed by atoms with E-state index in [1.807, 2.05) is 12.1 Å². The van der Waals surface area contributed by atoms with Crippen molar-refractivity contribution in [3.63, 3.8) is 0 Å². The Kier molecular flexibility index (Phi) is 3.96. The molecule has 120 valence electrons. The zero-order chi connectivity index (χ0) is 15.0. The van der Waals surface area contributed by atoms with Crippen molar-refractivity contribution in [2.75, 3.05) is 6.61 Å². The van der Waals surface area contributed by atoms with E-state index in [1.54, 1.807) is 0 Å². The minimum atomic E-state index is 0.237. The van der Waals surface area contributed by atoms with Crippen molar-refractivity contribution in [3.8, 4) is 0 Å². The summed E-state index contributed by atoms with van der Waals surface area (Å²) < 4.78 is 6.07. The number of rotatable bonds is 4. The van der Waals surface area contributed by atoms with Crippen LogP contribution < -0.4 is 5.32 Å². The second-order valence-electron chi connectivity index (χ2n) is 7.66. The summed E-state index contributed by atoms with van der Waals surface area (Å²) >= 11 is 6.01. The fourth-order valence-electron chi connectivity index (χ4n) is 4.47. The van der Waals surface area contributed by atoms with Crippen molar-refractivity contribution < 1.29 is 4.74 Å². The fourth-order valence-corrected chi connectivity index (χ4v) is 4.60. The zero-order valence-electron chi connectivity index (χ0n) is 13.2. The third-order valence-corrected chi connectivity index (χ3v) is 6.29. The highest BCUT2D eigenvalue weighted by molar-refractivity contribution is 6.30. The topological polar surface area (TPSA) is 21.3 Å². The van der Waals surface area contributed by atoms with Crippen LogP contribution in [0.4, 0.5) is 0 Å². The third-order valence-electron chi connectivity index (χ3n) is 6.03. The van der Waals surface area contributed by atoms with Gasteiger partial charge in [-0.3, -0.25) is 0 Å². The SMILES string of the molecule is Clc1ccc(CC2(NC3CCOC4(CCC4)C3)CCC2)cc1. The Hall–Kier alpha value is -0.570. The summed E-state index contributed by atoms with van der Waals surface area (Å²) in [7, 11) is 0. The molecule has 3 heteroatoms. The van der Waals surface area contributed by atoms with Crippen LogP contribution in [0.25, 0.3) is 0 Å². The lowest BCUT2D eigenvalue weighted by atomic mass is 9.70. The van der Waals surface area contributed by atoms with Crippen LogP contribution in [-0.4, -0.2) is 23.8 Å². The van der Waals surface area contributed by atoms with E-state index >= 15 is 0 Å². The van der Waals surface area contributed by atoms with Gasteiger partial charge in [0.15, 0.2) is 0 Å². The highest BCUT2D eigenvalue weighted by Crippen LogP contribution is 2.44. The van der Waals surface area contributed by atoms with Gasteiger partial charge in [-0.15, -0.1) is 0 Å². The largest absolute Gasteiger partial charge is 0.375 e. The van der Waals surface area contributed by atoms with Gasteiger partial charge >= 0.3 is 0 Å². The Labute approximate surface area is 138 Å². The zero-order valence-corrected chi connectivity index (χ0v) is 14.0. The fraction of sp³-hybridized carbons (Fsp3) is 0.684. The van der Waals surface area contributed by atoms with Gasteiger partial charge in [-0.1, -0.05) is 23.7 Å². The highest BCUT2D eigenvalue weighted by atomic mass is 35.5. The van der Waals surface area contributed by atoms with Crippen LogP contribution >= 0.6 is 11.6 Å². The van der Waals surface area contributed by atoms with Crippen molar-refractivity contribution >= 4 is 11.6 Å². The summed E-state index contributed by atoms with van der Waals surface area (Å²) in [5.41, 5.74) is 1.96. The molecule has 1 atom stereocenters. The first-order valence-electron chi connectivity index (χ1n) is 8.83. The first-order chi connectivity index (χ1) is 10.7. The molecule has 1 saturated heterocycles. The Morgan fingerprint density at radius 2 is 1.82 bits per heavy atom. The van der Waals surface area contributed by atoms with Crippen LogP contribution in [0.5, 0.6) is 0 Å². The average Bonchev–Trinajstić information content (AvgIpc) is 2.46. The molecule has 2 saturated carbocycles. The van der Waals surface area contributed by atoms with Gasteiger partial charge in [0.1, 0.15) is 0 Å². The molecule has 1 aromatic carbocycles. The Morgan fingerprint density at radius 3 is 2.41 bits per heavy atom. The van der Waals surface area contributed by atoms with E-state index in [1.165, 1.54) is 56.9 Å². The van der Waals surface area contributed by atoms with Crippen LogP contribution in [0.3, 0.4) is 0 Å². The van der Waals surface area contributed by atoms with Crippen molar-refractivity contribution in [3.05, 3.63) is 34.9 Å². The molecule has 1 heterocycles. The van der Waals surface area contributed by atoms with Crippen LogP contribution in [0.2, 0.25) is 5.02 Å². The predicted octanol–water partition coefficient (Wildman–Crippen LogP) is 4.50. The standard InChI is InChI=1S/C19H26ClNO/c20-16-5-3-15(4-6-16)13-18(8-1-9-18)21-17-7-12-22-19(14-17)10-2-11-19/h3-6,17,21H,1-2,7-14H2. The van der Waals surface area contributed by atoms with E-state index in [0.29, 0.717) is 11.6 Å². The van der Waals surface area contributed by atoms with Gasteiger partial charge in [0.2, 0.25) is 0 Å². The molecule has 3 fully saturated rings. The van der Waals surface area contributed by atoms with Gasteiger partial charge in [-0.2, -0.15) is 0 Å². The van der Waals surface area contributed by atoms with Crippen LogP contribution in [-0.2, 0) is 11.2 Å². The highest BCUT2D eigenvalue weighted by Gasteiger charge is 2.45. The van der Waals surface area contributed by atoms with Gasteiger partial charge in [-0.25, -0.2) is 0 Å². The molecule has 0 amide bonds. The van der Waals surface area contributed by atoms with E-state index in [0.717, 1.165) is 18.1 Å². The normalized spacial score (nSPS) is 28.9. The lowest BCUT2D eigenvalue weighted by Gasteiger charge is -2.51. The Bertz CT molecular complexity index is 519. The molecular formula is C19H26ClNO. The smallest absolute Gasteiger partial charge is 0.0697 e. The molecular weight excluding hydrogens is 294 g/mol. The summed E-state index contributed by atoms with van der Waals surface area (Å²) in [6.45, 7) is 0.939. The molecule has 1 N–H and O–H groups in total. The molecule has 3 aliphatic rings. The maximum Gasteiger partial charge on any atom is 0.0697 e. The van der Waals surface area contributed by atoms with Crippen molar-refractivity contribution in [2.24, 2.45) is 0 Å². The van der Waals surface area contributed by atoms with Crippen LogP contribution in [0.1, 0.15) is 56.9 Å². The summed E-state index contributed by atoms with van der Waals surface area (Å²) in [5.74, 6) is 0. The number of nitrogens with one attached hydrogen (secondary N) is 1. The van der Waals surface area contributed by atoms with E-state index in [9.17, 15) is 0 Å². The number of halogens is 1. The molecule has 1 unspecified atom stereocenters. The molecule has 2 nitrogen and oxygen atoms in total. The number of hydrogen-bond donors (Lipinski definition) is 1. The molecule has 0 radical (unpaired) electrons. The van der Waals surface area contributed by atoms with Gasteiger partial charge in [0.05, 0.1) is 5.60 Å². The first kappa shape index (κ1) is 15.0. The lowest BCUT2D eigenvalue weighted by molar-refractivity contribution is -0.139. The summed E-state index contributed by atoms with van der Waals surface area (Å²) in [5, 5.41) is 4.87. The summed E-state index contributed by atoms with van der Waals surface area (Å²) in [4.78, 5) is 0. The van der Waals surface area contributed by atoms with Gasteiger partial charge in [0.25, 0.3) is 0 Å². The monoisotopic (exact) mass is 319 g/mol. The van der Waals surface area contributed by atoms with E-state index in [4.69, 9.17) is 16.3 Å². The molecule has 1 aliphatic heterocycles. The predicted molar refractivity (Wildman–Crippen MR) is 90.4 cm³/mol. The first-order valence-corrected chi connectivity index (χ1v) is 9.21. The minimum Gasteiger partial charge on any atom is -0.375 e. The quantitative estimate of drug-likeness (QED) is 0.882. The number of hydrogen-bond acceptors (Lipinski definition) is 2. The minimum absolute atomic E-state index is 0.237. The van der Waals surface area contributed by atoms with E-state index < -0.39 is 0 Å². The van der Waals surface area contributed by atoms with Crippen molar-refractivity contribution in [2.45, 2.75) is 75.0 Å². The van der Waals surface area contributed by atoms with E-state index in [2.05, 4.69) is 17.4 Å². The van der Waals surface area contributed by atoms with E-state index in [-0.39, 0.29) is 5.60 Å². The second kappa shape index (κ2) is 5.81. The average molecular weight is 320 g/mol. The van der Waals surface area contributed by atoms with Crippen LogP contribution in [0, 0.1) is 0 Å². The van der Waals surface area contributed by atoms with Gasteiger partial charge in [0, 0.05) is 23.2 Å². The maximum absolute atomic E-state index is 6.07. The van der Waals surface area contributed by atoms with Crippen LogP contribution in [0.15, 0.2) is 24.3 Å².